The summed E-state index contributed by atoms with van der Waals surface area (Å²) in [5, 5.41) is 0. The van der Waals surface area contributed by atoms with Crippen LogP contribution in [0.25, 0.3) is 0 Å². The van der Waals surface area contributed by atoms with Crippen LogP contribution in [0.3, 0.4) is 0 Å². The number of hydrogen-bond donors (Lipinski definition) is 0. The van der Waals surface area contributed by atoms with Crippen molar-refractivity contribution in [1.82, 2.24) is 0 Å². The third kappa shape index (κ3) is 9.08. The second kappa shape index (κ2) is 20.6. The maximum atomic E-state index is 0. The van der Waals surface area contributed by atoms with Gasteiger partial charge in [0.05, 0.1) is 0 Å². The van der Waals surface area contributed by atoms with Crippen LogP contribution in [0.4, 0.5) is 0 Å². The van der Waals surface area contributed by atoms with Gasteiger partial charge in [0.2, 0.25) is 0 Å². The van der Waals surface area contributed by atoms with Gasteiger partial charge in [0, 0.05) is 0 Å². The van der Waals surface area contributed by atoms with Gasteiger partial charge >= 0.3 is 51.4 Å². The summed E-state index contributed by atoms with van der Waals surface area (Å²) in [6.45, 7) is 0. The van der Waals surface area contributed by atoms with Crippen LogP contribution < -0.4 is 51.4 Å². The molecule has 0 bridgehead atoms. The molecule has 2 nitrogen and oxygen atoms in total. The molecular weight excluding hydrogens is 103 g/mol. The van der Waals surface area contributed by atoms with Crippen LogP contribution >= 0.6 is 0 Å². The summed E-state index contributed by atoms with van der Waals surface area (Å²) >= 11 is 0. The molecule has 4 N–H and O–H groups in total. The molecule has 0 rings (SSSR count). The first-order valence-corrected chi connectivity index (χ1v) is 0. The molecule has 0 spiro atoms. The first kappa shape index (κ1) is 39.1. The van der Waals surface area contributed by atoms with Gasteiger partial charge in [-0.15, -0.1) is 0 Å². The summed E-state index contributed by atoms with van der Waals surface area (Å²) in [5.74, 6) is 0. The molecule has 4 heavy (non-hydrogen) atoms. The Bertz CT molecular complexity index is 6.00. The maximum absolute atomic E-state index is 0. The largest absolute Gasteiger partial charge is 1.00 e. The molecule has 0 aliphatic heterocycles. The second-order valence-electron chi connectivity index (χ2n) is 0. The quantitative estimate of drug-likeness (QED) is 0.174. The summed E-state index contributed by atoms with van der Waals surface area (Å²) in [5.41, 5.74) is 0. The first-order chi connectivity index (χ1) is 0. The Hall–Kier alpha value is 1.91. The molecule has 0 aromatic rings. The van der Waals surface area contributed by atoms with E-state index in [1.165, 1.54) is 0 Å². The van der Waals surface area contributed by atoms with E-state index < -0.39 is 0 Å². The summed E-state index contributed by atoms with van der Waals surface area (Å²) in [6.07, 6.45) is 0. The van der Waals surface area contributed by atoms with Crippen LogP contribution in [0, 0.1) is 0 Å². The molecule has 4 heteroatoms. The Morgan fingerprint density at radius 2 is 0.750 bits per heavy atom. The van der Waals surface area contributed by atoms with E-state index in [0.717, 1.165) is 0 Å². The molecule has 0 heterocycles. The summed E-state index contributed by atoms with van der Waals surface area (Å²) in [7, 11) is 0. The Morgan fingerprint density at radius 3 is 0.750 bits per heavy atom. The van der Waals surface area contributed by atoms with E-state index in [1.807, 2.05) is 0 Å². The average Bonchev–Trinajstić information content (AvgIpc) is 0. The molecule has 0 aliphatic rings. The summed E-state index contributed by atoms with van der Waals surface area (Å²) in [4.78, 5) is 0. The topological polar surface area (TPSA) is 63.0 Å². The van der Waals surface area contributed by atoms with Crippen LogP contribution in [0.1, 0.15) is 0 Å². The molecule has 0 radical (unpaired) electrons. The van der Waals surface area contributed by atoms with Crippen molar-refractivity contribution < 1.29 is 62.3 Å². The van der Waals surface area contributed by atoms with Crippen molar-refractivity contribution in [2.24, 2.45) is 0 Å². The smallest absolute Gasteiger partial charge is 0.813 e. The van der Waals surface area contributed by atoms with Gasteiger partial charge in [-0.1, -0.05) is 0 Å². The fraction of sp³-hybridized carbons (Fsp3) is 0. The normalized spacial score (nSPS) is 0. The SMILES string of the molecule is O.O.[K+].[SH-]. The minimum absolute atomic E-state index is 0. The Labute approximate surface area is 74.4 Å². The second-order valence-corrected chi connectivity index (χ2v) is 0. The molecule has 0 aromatic heterocycles. The Balaban J connectivity index is 0. The predicted octanol–water partition coefficient (Wildman–Crippen LogP) is -4.92. The van der Waals surface area contributed by atoms with Crippen molar-refractivity contribution >= 4 is 13.5 Å². The molecule has 0 aliphatic carbocycles. The van der Waals surface area contributed by atoms with Crippen LogP contribution in [0.2, 0.25) is 0 Å². The van der Waals surface area contributed by atoms with Crippen molar-refractivity contribution in [1.29, 1.82) is 0 Å². The van der Waals surface area contributed by atoms with Crippen LogP contribution in [-0.4, -0.2) is 11.0 Å². The van der Waals surface area contributed by atoms with Gasteiger partial charge in [0.25, 0.3) is 0 Å². The van der Waals surface area contributed by atoms with E-state index in [9.17, 15) is 0 Å². The van der Waals surface area contributed by atoms with Gasteiger partial charge in [-0.3, -0.25) is 0 Å². The van der Waals surface area contributed by atoms with Gasteiger partial charge in [0.1, 0.15) is 0 Å². The summed E-state index contributed by atoms with van der Waals surface area (Å²) < 4.78 is 0. The summed E-state index contributed by atoms with van der Waals surface area (Å²) in [6, 6.07) is 0. The van der Waals surface area contributed by atoms with E-state index in [1.54, 1.807) is 0 Å². The predicted molar refractivity (Wildman–Crippen MR) is 16.0 cm³/mol. The molecule has 0 aromatic carbocycles. The number of rotatable bonds is 0. The fourth-order valence-electron chi connectivity index (χ4n) is 0. The zero-order valence-corrected chi connectivity index (χ0v) is 6.46. The van der Waals surface area contributed by atoms with E-state index in [-0.39, 0.29) is 75.8 Å². The monoisotopic (exact) mass is 108 g/mol. The van der Waals surface area contributed by atoms with Gasteiger partial charge < -0.3 is 24.4 Å². The van der Waals surface area contributed by atoms with Crippen molar-refractivity contribution in [2.45, 2.75) is 0 Å². The third-order valence-corrected chi connectivity index (χ3v) is 0. The first-order valence-electron chi connectivity index (χ1n) is 0. The number of thiol groups is 1. The van der Waals surface area contributed by atoms with Crippen molar-refractivity contribution in [2.75, 3.05) is 0 Å². The number of hydrogen-bond acceptors (Lipinski definition) is 1. The maximum Gasteiger partial charge on any atom is 1.00 e. The van der Waals surface area contributed by atoms with E-state index in [0.29, 0.717) is 0 Å². The minimum Gasteiger partial charge on any atom is -0.813 e. The molecular formula is H5KO2S. The molecule has 0 saturated carbocycles. The fourth-order valence-corrected chi connectivity index (χ4v) is 0. The van der Waals surface area contributed by atoms with Gasteiger partial charge in [-0.2, -0.15) is 0 Å². The van der Waals surface area contributed by atoms with Crippen LogP contribution in [-0.2, 0) is 13.5 Å². The van der Waals surface area contributed by atoms with Gasteiger partial charge in [-0.05, 0) is 0 Å². The van der Waals surface area contributed by atoms with E-state index in [2.05, 4.69) is 0 Å². The van der Waals surface area contributed by atoms with Crippen molar-refractivity contribution in [3.8, 4) is 0 Å². The van der Waals surface area contributed by atoms with Gasteiger partial charge in [-0.25, -0.2) is 0 Å². The van der Waals surface area contributed by atoms with Crippen molar-refractivity contribution in [3.63, 3.8) is 0 Å². The molecule has 0 atom stereocenters. The Kier molecular flexibility index (Phi) is 201. The van der Waals surface area contributed by atoms with Crippen LogP contribution in [0.5, 0.6) is 0 Å². The molecule has 0 saturated heterocycles. The van der Waals surface area contributed by atoms with Crippen LogP contribution in [0.15, 0.2) is 0 Å². The Morgan fingerprint density at radius 1 is 0.750 bits per heavy atom. The zero-order valence-electron chi connectivity index (χ0n) is 2.45. The molecule has 0 fully saturated rings. The molecule has 24 valence electrons. The zero-order chi connectivity index (χ0) is 0. The average molecular weight is 108 g/mol. The third-order valence-electron chi connectivity index (χ3n) is 0. The molecule has 0 unspecified atom stereocenters. The van der Waals surface area contributed by atoms with E-state index >= 15 is 0 Å². The minimum atomic E-state index is 0. The standard InChI is InChI=1S/K.2H2O.H2S/h;3*1H2/q+1;;;/p-1. The molecule has 0 amide bonds. The van der Waals surface area contributed by atoms with Gasteiger partial charge in [0.15, 0.2) is 0 Å². The van der Waals surface area contributed by atoms with E-state index in [4.69, 9.17) is 0 Å². The van der Waals surface area contributed by atoms with Crippen molar-refractivity contribution in [3.05, 3.63) is 0 Å².